The minimum atomic E-state index is -0.551. The third-order valence-corrected chi connectivity index (χ3v) is 3.57. The monoisotopic (exact) mass is 261 g/mol. The third-order valence-electron chi connectivity index (χ3n) is 3.57. The molecule has 0 spiro atoms. The maximum atomic E-state index is 10.8. The fourth-order valence-electron chi connectivity index (χ4n) is 2.39. The molecule has 6 heteroatoms. The van der Waals surface area contributed by atoms with Crippen molar-refractivity contribution in [3.63, 3.8) is 0 Å². The van der Waals surface area contributed by atoms with Crippen molar-refractivity contribution in [2.24, 2.45) is 5.92 Å². The average molecular weight is 261 g/mol. The summed E-state index contributed by atoms with van der Waals surface area (Å²) in [6.07, 6.45) is 0.523. The van der Waals surface area contributed by atoms with Crippen molar-refractivity contribution in [3.05, 3.63) is 33.9 Å². The fraction of sp³-hybridized carbons (Fsp3) is 0.462. The van der Waals surface area contributed by atoms with Gasteiger partial charge in [-0.25, -0.2) is 0 Å². The number of rotatable bonds is 3. The van der Waals surface area contributed by atoms with E-state index in [1.807, 2.05) is 11.0 Å². The number of benzene rings is 1. The number of nitriles is 1. The van der Waals surface area contributed by atoms with Crippen LogP contribution >= 0.6 is 0 Å². The van der Waals surface area contributed by atoms with Crippen LogP contribution in [0.4, 0.5) is 11.4 Å². The molecule has 0 aliphatic carbocycles. The number of nitrogens with zero attached hydrogens (tertiary/aromatic N) is 3. The summed E-state index contributed by atoms with van der Waals surface area (Å²) in [4.78, 5) is 12.3. The van der Waals surface area contributed by atoms with E-state index in [0.29, 0.717) is 6.54 Å². The van der Waals surface area contributed by atoms with Crippen LogP contribution in [0.2, 0.25) is 0 Å². The van der Waals surface area contributed by atoms with E-state index >= 15 is 0 Å². The molecule has 1 aliphatic rings. The van der Waals surface area contributed by atoms with Gasteiger partial charge in [-0.15, -0.1) is 0 Å². The number of nitro groups is 1. The molecule has 0 saturated carbocycles. The minimum absolute atomic E-state index is 0.0722. The lowest BCUT2D eigenvalue weighted by Gasteiger charge is -2.19. The van der Waals surface area contributed by atoms with E-state index in [-0.39, 0.29) is 23.3 Å². The van der Waals surface area contributed by atoms with Gasteiger partial charge in [0, 0.05) is 30.8 Å². The zero-order valence-electron chi connectivity index (χ0n) is 10.6. The lowest BCUT2D eigenvalue weighted by molar-refractivity contribution is -0.385. The van der Waals surface area contributed by atoms with Crippen molar-refractivity contribution in [2.45, 2.75) is 19.4 Å². The largest absolute Gasteiger partial charge is 0.393 e. The Hall–Kier alpha value is -2.13. The normalized spacial score (nSPS) is 20.1. The summed E-state index contributed by atoms with van der Waals surface area (Å²) in [5.74, 6) is 0.209. The van der Waals surface area contributed by atoms with Crippen molar-refractivity contribution in [1.82, 2.24) is 0 Å². The van der Waals surface area contributed by atoms with Gasteiger partial charge in [-0.05, 0) is 25.5 Å². The smallest absolute Gasteiger partial charge is 0.287 e. The maximum absolute atomic E-state index is 10.8. The Labute approximate surface area is 111 Å². The Morgan fingerprint density at radius 1 is 1.63 bits per heavy atom. The highest BCUT2D eigenvalue weighted by Crippen LogP contribution is 2.29. The Morgan fingerprint density at radius 3 is 2.89 bits per heavy atom. The Bertz CT molecular complexity index is 536. The van der Waals surface area contributed by atoms with Gasteiger partial charge in [0.1, 0.15) is 11.6 Å². The molecular weight excluding hydrogens is 246 g/mol. The maximum Gasteiger partial charge on any atom is 0.287 e. The Morgan fingerprint density at radius 2 is 2.37 bits per heavy atom. The van der Waals surface area contributed by atoms with Crippen molar-refractivity contribution < 1.29 is 10.0 Å². The second-order valence-corrected chi connectivity index (χ2v) is 4.81. The molecule has 0 amide bonds. The number of hydrogen-bond acceptors (Lipinski definition) is 5. The molecule has 1 saturated heterocycles. The van der Waals surface area contributed by atoms with Crippen LogP contribution in [0.5, 0.6) is 0 Å². The van der Waals surface area contributed by atoms with Crippen LogP contribution < -0.4 is 4.90 Å². The second-order valence-electron chi connectivity index (χ2n) is 4.81. The molecule has 0 bridgehead atoms. The second kappa shape index (κ2) is 5.24. The molecule has 1 aliphatic heterocycles. The lowest BCUT2D eigenvalue weighted by Crippen LogP contribution is -2.23. The summed E-state index contributed by atoms with van der Waals surface area (Å²) in [6, 6.07) is 6.42. The summed E-state index contributed by atoms with van der Waals surface area (Å²) >= 11 is 0. The zero-order valence-corrected chi connectivity index (χ0v) is 10.6. The van der Waals surface area contributed by atoms with Crippen LogP contribution in [0, 0.1) is 27.4 Å². The van der Waals surface area contributed by atoms with Gasteiger partial charge in [-0.1, -0.05) is 0 Å². The molecule has 100 valence electrons. The van der Waals surface area contributed by atoms with Gasteiger partial charge in [0.2, 0.25) is 0 Å². The number of aliphatic hydroxyl groups is 1. The summed E-state index contributed by atoms with van der Waals surface area (Å²) in [6.45, 7) is 3.27. The number of nitro benzene ring substituents is 1. The molecule has 2 unspecified atom stereocenters. The molecule has 2 atom stereocenters. The lowest BCUT2D eigenvalue weighted by atomic mass is 10.0. The first kappa shape index (κ1) is 13.3. The summed E-state index contributed by atoms with van der Waals surface area (Å²) in [5, 5.41) is 29.3. The highest BCUT2D eigenvalue weighted by molar-refractivity contribution is 5.60. The molecule has 1 aromatic rings. The van der Waals surface area contributed by atoms with Crippen molar-refractivity contribution in [3.8, 4) is 6.07 Å². The zero-order chi connectivity index (χ0) is 14.0. The molecule has 19 heavy (non-hydrogen) atoms. The van der Waals surface area contributed by atoms with Gasteiger partial charge in [0.05, 0.1) is 11.0 Å². The number of aliphatic hydroxyl groups excluding tert-OH is 1. The van der Waals surface area contributed by atoms with Gasteiger partial charge in [0.15, 0.2) is 0 Å². The molecule has 1 aromatic carbocycles. The first-order valence-electron chi connectivity index (χ1n) is 6.14. The highest BCUT2D eigenvalue weighted by Gasteiger charge is 2.27. The molecule has 1 N–H and O–H groups in total. The summed E-state index contributed by atoms with van der Waals surface area (Å²) in [5.41, 5.74) is 0.700. The van der Waals surface area contributed by atoms with Crippen LogP contribution in [0.3, 0.4) is 0 Å². The molecule has 1 heterocycles. The van der Waals surface area contributed by atoms with E-state index in [2.05, 4.69) is 0 Å². The van der Waals surface area contributed by atoms with Crippen molar-refractivity contribution in [2.75, 3.05) is 18.0 Å². The molecule has 6 nitrogen and oxygen atoms in total. The standard InChI is InChI=1S/C13H15N3O3/c1-9(17)10-4-5-15(8-10)12-2-3-13(16(18)19)11(6-12)7-14/h2-3,6,9-10,17H,4-5,8H2,1H3. The van der Waals surface area contributed by atoms with Crippen molar-refractivity contribution >= 4 is 11.4 Å². The number of anilines is 1. The van der Waals surface area contributed by atoms with Crippen LogP contribution in [0.1, 0.15) is 18.9 Å². The minimum Gasteiger partial charge on any atom is -0.393 e. The summed E-state index contributed by atoms with van der Waals surface area (Å²) < 4.78 is 0. The first-order valence-corrected chi connectivity index (χ1v) is 6.14. The molecule has 0 radical (unpaired) electrons. The predicted octanol–water partition coefficient (Wildman–Crippen LogP) is 1.67. The van der Waals surface area contributed by atoms with E-state index < -0.39 is 4.92 Å². The van der Waals surface area contributed by atoms with E-state index in [9.17, 15) is 15.2 Å². The molecule has 2 rings (SSSR count). The van der Waals surface area contributed by atoms with E-state index in [0.717, 1.165) is 18.7 Å². The predicted molar refractivity (Wildman–Crippen MR) is 69.8 cm³/mol. The van der Waals surface area contributed by atoms with Gasteiger partial charge < -0.3 is 10.0 Å². The van der Waals surface area contributed by atoms with Gasteiger partial charge in [0.25, 0.3) is 5.69 Å². The van der Waals surface area contributed by atoms with Crippen LogP contribution in [-0.4, -0.2) is 29.2 Å². The van der Waals surface area contributed by atoms with Crippen LogP contribution in [0.15, 0.2) is 18.2 Å². The fourth-order valence-corrected chi connectivity index (χ4v) is 2.39. The quantitative estimate of drug-likeness (QED) is 0.660. The molecule has 0 aromatic heterocycles. The first-order chi connectivity index (χ1) is 9.02. The topological polar surface area (TPSA) is 90.4 Å². The van der Waals surface area contributed by atoms with Gasteiger partial charge >= 0.3 is 0 Å². The van der Waals surface area contributed by atoms with E-state index in [1.165, 1.54) is 6.07 Å². The van der Waals surface area contributed by atoms with Crippen molar-refractivity contribution in [1.29, 1.82) is 5.26 Å². The third kappa shape index (κ3) is 2.66. The summed E-state index contributed by atoms with van der Waals surface area (Å²) in [7, 11) is 0. The van der Waals surface area contributed by atoms with Gasteiger partial charge in [-0.2, -0.15) is 5.26 Å². The van der Waals surface area contributed by atoms with Crippen LogP contribution in [0.25, 0.3) is 0 Å². The Kier molecular flexibility index (Phi) is 3.67. The number of hydrogen-bond donors (Lipinski definition) is 1. The van der Waals surface area contributed by atoms with Gasteiger partial charge in [-0.3, -0.25) is 10.1 Å². The molecule has 1 fully saturated rings. The molecular formula is C13H15N3O3. The SMILES string of the molecule is CC(O)C1CCN(c2ccc([N+](=O)[O-])c(C#N)c2)C1. The average Bonchev–Trinajstić information content (AvgIpc) is 2.87. The van der Waals surface area contributed by atoms with E-state index in [1.54, 1.807) is 19.1 Å². The Balaban J connectivity index is 2.24. The highest BCUT2D eigenvalue weighted by atomic mass is 16.6. The van der Waals surface area contributed by atoms with Crippen LogP contribution in [-0.2, 0) is 0 Å². The van der Waals surface area contributed by atoms with E-state index in [4.69, 9.17) is 5.26 Å².